The summed E-state index contributed by atoms with van der Waals surface area (Å²) in [5, 5.41) is 26.2. The quantitative estimate of drug-likeness (QED) is 0.823. The van der Waals surface area contributed by atoms with Crippen molar-refractivity contribution in [3.05, 3.63) is 36.0 Å². The zero-order valence-electron chi connectivity index (χ0n) is 10.7. The van der Waals surface area contributed by atoms with Gasteiger partial charge in [-0.1, -0.05) is 0 Å². The van der Waals surface area contributed by atoms with Crippen molar-refractivity contribution in [2.75, 3.05) is 11.9 Å². The lowest BCUT2D eigenvalue weighted by Crippen LogP contribution is -2.31. The van der Waals surface area contributed by atoms with Crippen LogP contribution in [0.1, 0.15) is 18.2 Å². The molecule has 0 saturated carbocycles. The summed E-state index contributed by atoms with van der Waals surface area (Å²) in [6.07, 6.45) is 6.28. The van der Waals surface area contributed by atoms with Crippen molar-refractivity contribution in [2.24, 2.45) is 7.05 Å². The molecular formula is C12H14N6O. The van der Waals surface area contributed by atoms with Crippen LogP contribution >= 0.6 is 0 Å². The Labute approximate surface area is 110 Å². The summed E-state index contributed by atoms with van der Waals surface area (Å²) in [6.45, 7) is 1.87. The second-order valence-corrected chi connectivity index (χ2v) is 4.40. The highest BCUT2D eigenvalue weighted by Gasteiger charge is 2.25. The summed E-state index contributed by atoms with van der Waals surface area (Å²) < 4.78 is 1.62. The predicted octanol–water partition coefficient (Wildman–Crippen LogP) is 0.401. The lowest BCUT2D eigenvalue weighted by atomic mass is 10.00. The molecule has 7 nitrogen and oxygen atoms in total. The standard InChI is InChI=1S/C12H14N6O/c1-12(19,9-6-17-18(2)7-9)8-16-11-10(5-13)14-3-4-15-11/h3-4,6-7,19H,8H2,1-2H3,(H,15,16)/t12-/m1/s1. The van der Waals surface area contributed by atoms with E-state index in [0.29, 0.717) is 11.4 Å². The van der Waals surface area contributed by atoms with Gasteiger partial charge in [0.2, 0.25) is 0 Å². The van der Waals surface area contributed by atoms with Crippen LogP contribution in [0.5, 0.6) is 0 Å². The number of hydrogen-bond donors (Lipinski definition) is 2. The van der Waals surface area contributed by atoms with Gasteiger partial charge in [-0.25, -0.2) is 9.97 Å². The summed E-state index contributed by atoms with van der Waals surface area (Å²) in [5.41, 5.74) is -0.229. The minimum atomic E-state index is -1.11. The molecule has 2 heterocycles. The molecule has 1 atom stereocenters. The summed E-state index contributed by atoms with van der Waals surface area (Å²) in [5.74, 6) is 0.356. The Bertz CT molecular complexity index is 613. The zero-order valence-corrected chi connectivity index (χ0v) is 10.7. The Morgan fingerprint density at radius 1 is 1.47 bits per heavy atom. The van der Waals surface area contributed by atoms with Crippen LogP contribution in [0.15, 0.2) is 24.8 Å². The highest BCUT2D eigenvalue weighted by Crippen LogP contribution is 2.20. The van der Waals surface area contributed by atoms with Gasteiger partial charge >= 0.3 is 0 Å². The molecule has 98 valence electrons. The van der Waals surface area contributed by atoms with Gasteiger partial charge in [-0.15, -0.1) is 0 Å². The summed E-state index contributed by atoms with van der Waals surface area (Å²) in [7, 11) is 1.78. The van der Waals surface area contributed by atoms with Gasteiger partial charge in [-0.3, -0.25) is 4.68 Å². The highest BCUT2D eigenvalue weighted by atomic mass is 16.3. The van der Waals surface area contributed by atoms with Crippen LogP contribution in [0.25, 0.3) is 0 Å². The van der Waals surface area contributed by atoms with Crippen molar-refractivity contribution in [3.8, 4) is 6.07 Å². The lowest BCUT2D eigenvalue weighted by Gasteiger charge is -2.22. The molecular weight excluding hydrogens is 244 g/mol. The second-order valence-electron chi connectivity index (χ2n) is 4.40. The molecule has 0 aliphatic rings. The number of nitrogens with one attached hydrogen (secondary N) is 1. The first kappa shape index (κ1) is 13.0. The predicted molar refractivity (Wildman–Crippen MR) is 68.0 cm³/mol. The third-order valence-corrected chi connectivity index (χ3v) is 2.73. The highest BCUT2D eigenvalue weighted by molar-refractivity contribution is 5.47. The van der Waals surface area contributed by atoms with Gasteiger partial charge in [-0.05, 0) is 6.92 Å². The van der Waals surface area contributed by atoms with Crippen molar-refractivity contribution in [1.29, 1.82) is 5.26 Å². The first-order chi connectivity index (χ1) is 9.03. The van der Waals surface area contributed by atoms with Crippen LogP contribution < -0.4 is 5.32 Å². The molecule has 0 saturated heterocycles. The number of aliphatic hydroxyl groups is 1. The maximum absolute atomic E-state index is 10.4. The molecule has 0 aliphatic carbocycles. The maximum atomic E-state index is 10.4. The number of hydrogen-bond acceptors (Lipinski definition) is 6. The van der Waals surface area contributed by atoms with Crippen LogP contribution in [-0.4, -0.2) is 31.4 Å². The van der Waals surface area contributed by atoms with E-state index in [1.807, 2.05) is 6.07 Å². The Balaban J connectivity index is 2.12. The molecule has 19 heavy (non-hydrogen) atoms. The smallest absolute Gasteiger partial charge is 0.182 e. The summed E-state index contributed by atoms with van der Waals surface area (Å²) in [4.78, 5) is 7.91. The molecule has 2 aromatic heterocycles. The number of aryl methyl sites for hydroxylation is 1. The minimum absolute atomic E-state index is 0.199. The summed E-state index contributed by atoms with van der Waals surface area (Å²) in [6, 6.07) is 1.94. The van der Waals surface area contributed by atoms with E-state index in [2.05, 4.69) is 20.4 Å². The number of anilines is 1. The van der Waals surface area contributed by atoms with E-state index in [9.17, 15) is 5.11 Å². The molecule has 7 heteroatoms. The number of nitrogens with zero attached hydrogens (tertiary/aromatic N) is 5. The number of rotatable bonds is 4. The molecule has 0 unspecified atom stereocenters. The molecule has 0 spiro atoms. The van der Waals surface area contributed by atoms with Crippen LogP contribution in [0.4, 0.5) is 5.82 Å². The molecule has 0 radical (unpaired) electrons. The van der Waals surface area contributed by atoms with Crippen LogP contribution in [0.2, 0.25) is 0 Å². The van der Waals surface area contributed by atoms with Gasteiger partial charge in [0.1, 0.15) is 11.7 Å². The van der Waals surface area contributed by atoms with Crippen LogP contribution in [-0.2, 0) is 12.6 Å². The minimum Gasteiger partial charge on any atom is -0.383 e. The van der Waals surface area contributed by atoms with E-state index < -0.39 is 5.60 Å². The SMILES string of the molecule is Cn1cc([C@](C)(O)CNc2nccnc2C#N)cn1. The Hall–Kier alpha value is -2.46. The van der Waals surface area contributed by atoms with Gasteiger partial charge in [0.15, 0.2) is 11.5 Å². The van der Waals surface area contributed by atoms with E-state index in [0.717, 1.165) is 0 Å². The molecule has 2 rings (SSSR count). The largest absolute Gasteiger partial charge is 0.383 e. The summed E-state index contributed by atoms with van der Waals surface area (Å²) >= 11 is 0. The fourth-order valence-electron chi connectivity index (χ4n) is 1.61. The molecule has 0 aliphatic heterocycles. The molecule has 0 fully saturated rings. The Morgan fingerprint density at radius 3 is 2.84 bits per heavy atom. The Kier molecular flexibility index (Phi) is 3.44. The first-order valence-electron chi connectivity index (χ1n) is 5.69. The molecule has 0 aromatic carbocycles. The van der Waals surface area contributed by atoms with Crippen LogP contribution in [0, 0.1) is 11.3 Å². The maximum Gasteiger partial charge on any atom is 0.182 e. The van der Waals surface area contributed by atoms with Crippen LogP contribution in [0.3, 0.4) is 0 Å². The molecule has 2 N–H and O–H groups in total. The van der Waals surface area contributed by atoms with Crippen molar-refractivity contribution >= 4 is 5.82 Å². The van der Waals surface area contributed by atoms with E-state index in [-0.39, 0.29) is 12.2 Å². The lowest BCUT2D eigenvalue weighted by molar-refractivity contribution is 0.0713. The van der Waals surface area contributed by atoms with E-state index in [4.69, 9.17) is 5.26 Å². The topological polar surface area (TPSA) is 99.6 Å². The van der Waals surface area contributed by atoms with E-state index in [1.54, 1.807) is 31.0 Å². The second kappa shape index (κ2) is 5.04. The van der Waals surface area contributed by atoms with Gasteiger partial charge in [0.05, 0.1) is 6.20 Å². The normalized spacial score (nSPS) is 13.6. The molecule has 0 amide bonds. The molecule has 2 aromatic rings. The third-order valence-electron chi connectivity index (χ3n) is 2.73. The number of aromatic nitrogens is 4. The van der Waals surface area contributed by atoms with Crippen molar-refractivity contribution < 1.29 is 5.11 Å². The Morgan fingerprint density at radius 2 is 2.21 bits per heavy atom. The van der Waals surface area contributed by atoms with E-state index in [1.165, 1.54) is 12.4 Å². The average Bonchev–Trinajstić information content (AvgIpc) is 2.84. The third kappa shape index (κ3) is 2.86. The first-order valence-corrected chi connectivity index (χ1v) is 5.69. The monoisotopic (exact) mass is 258 g/mol. The fraction of sp³-hybridized carbons (Fsp3) is 0.333. The average molecular weight is 258 g/mol. The van der Waals surface area contributed by atoms with Crippen molar-refractivity contribution in [3.63, 3.8) is 0 Å². The zero-order chi connectivity index (χ0) is 13.9. The van der Waals surface area contributed by atoms with Gasteiger partial charge in [0.25, 0.3) is 0 Å². The van der Waals surface area contributed by atoms with Gasteiger partial charge in [0, 0.05) is 37.7 Å². The van der Waals surface area contributed by atoms with Gasteiger partial charge < -0.3 is 10.4 Å². The fourth-order valence-corrected chi connectivity index (χ4v) is 1.61. The van der Waals surface area contributed by atoms with Gasteiger partial charge in [-0.2, -0.15) is 10.4 Å². The molecule has 0 bridgehead atoms. The van der Waals surface area contributed by atoms with E-state index >= 15 is 0 Å². The van der Waals surface area contributed by atoms with Crippen molar-refractivity contribution in [1.82, 2.24) is 19.7 Å². The number of nitriles is 1. The van der Waals surface area contributed by atoms with Crippen molar-refractivity contribution in [2.45, 2.75) is 12.5 Å².